The van der Waals surface area contributed by atoms with Gasteiger partial charge < -0.3 is 15.1 Å². The van der Waals surface area contributed by atoms with E-state index in [4.69, 9.17) is 0 Å². The molecule has 2 saturated heterocycles. The predicted molar refractivity (Wildman–Crippen MR) is 82.9 cm³/mol. The zero-order valence-corrected chi connectivity index (χ0v) is 13.2. The molecular weight excluding hydrogens is 250 g/mol. The Balaban J connectivity index is 1.57. The summed E-state index contributed by atoms with van der Waals surface area (Å²) in [6.07, 6.45) is 7.42. The van der Waals surface area contributed by atoms with Crippen molar-refractivity contribution >= 4 is 6.03 Å². The number of carbonyl (C=O) groups is 1. The summed E-state index contributed by atoms with van der Waals surface area (Å²) in [5, 5.41) is 3.08. The molecule has 2 heterocycles. The van der Waals surface area contributed by atoms with Gasteiger partial charge in [-0.25, -0.2) is 4.79 Å². The molecule has 0 aromatic heterocycles. The van der Waals surface area contributed by atoms with Crippen molar-refractivity contribution in [3.8, 4) is 0 Å². The van der Waals surface area contributed by atoms with Crippen molar-refractivity contribution in [2.75, 3.05) is 32.7 Å². The van der Waals surface area contributed by atoms with Gasteiger partial charge in [0.2, 0.25) is 0 Å². The summed E-state index contributed by atoms with van der Waals surface area (Å²) in [6.45, 7) is 9.62. The second-order valence-corrected chi connectivity index (χ2v) is 6.64. The number of hydrogen-bond donors (Lipinski definition) is 1. The summed E-state index contributed by atoms with van der Waals surface area (Å²) in [5.74, 6) is 0.777. The van der Waals surface area contributed by atoms with Crippen LogP contribution in [0.1, 0.15) is 52.4 Å². The van der Waals surface area contributed by atoms with Crippen molar-refractivity contribution in [2.24, 2.45) is 5.92 Å². The summed E-state index contributed by atoms with van der Waals surface area (Å²) in [7, 11) is 0. The van der Waals surface area contributed by atoms with E-state index < -0.39 is 0 Å². The fourth-order valence-corrected chi connectivity index (χ4v) is 3.29. The lowest BCUT2D eigenvalue weighted by Gasteiger charge is -2.33. The number of piperidine rings is 2. The first-order chi connectivity index (χ1) is 9.66. The molecule has 20 heavy (non-hydrogen) atoms. The van der Waals surface area contributed by atoms with Gasteiger partial charge in [0.15, 0.2) is 0 Å². The number of hydrogen-bond acceptors (Lipinski definition) is 2. The molecule has 4 nitrogen and oxygen atoms in total. The molecule has 1 atom stereocenters. The minimum Gasteiger partial charge on any atom is -0.338 e. The summed E-state index contributed by atoms with van der Waals surface area (Å²) < 4.78 is 0. The zero-order valence-electron chi connectivity index (χ0n) is 13.2. The molecular formula is C16H31N3O. The Labute approximate surface area is 123 Å². The molecule has 0 bridgehead atoms. The molecule has 2 aliphatic heterocycles. The molecule has 0 aliphatic carbocycles. The molecule has 2 fully saturated rings. The minimum atomic E-state index is 0.142. The van der Waals surface area contributed by atoms with Crippen LogP contribution >= 0.6 is 0 Å². The lowest BCUT2D eigenvalue weighted by atomic mass is 10.00. The quantitative estimate of drug-likeness (QED) is 0.804. The van der Waals surface area contributed by atoms with Crippen LogP contribution in [0.25, 0.3) is 0 Å². The first kappa shape index (κ1) is 15.6. The first-order valence-electron chi connectivity index (χ1n) is 8.43. The van der Waals surface area contributed by atoms with Crippen molar-refractivity contribution in [1.29, 1.82) is 0 Å². The monoisotopic (exact) mass is 281 g/mol. The Kier molecular flexibility index (Phi) is 6.14. The van der Waals surface area contributed by atoms with Crippen LogP contribution in [0.15, 0.2) is 0 Å². The maximum Gasteiger partial charge on any atom is 0.317 e. The molecule has 2 rings (SSSR count). The van der Waals surface area contributed by atoms with E-state index in [1.807, 2.05) is 4.90 Å². The highest BCUT2D eigenvalue weighted by Gasteiger charge is 2.20. The second-order valence-electron chi connectivity index (χ2n) is 6.64. The van der Waals surface area contributed by atoms with E-state index in [2.05, 4.69) is 24.1 Å². The maximum absolute atomic E-state index is 12.0. The number of likely N-dealkylation sites (tertiary alicyclic amines) is 2. The van der Waals surface area contributed by atoms with Crippen LogP contribution in [0.2, 0.25) is 0 Å². The van der Waals surface area contributed by atoms with Crippen molar-refractivity contribution in [1.82, 2.24) is 15.1 Å². The molecule has 2 aliphatic rings. The molecule has 2 amide bonds. The van der Waals surface area contributed by atoms with E-state index in [0.717, 1.165) is 57.4 Å². The zero-order chi connectivity index (χ0) is 14.4. The van der Waals surface area contributed by atoms with E-state index in [-0.39, 0.29) is 6.03 Å². The highest BCUT2D eigenvalue weighted by molar-refractivity contribution is 5.74. The average Bonchev–Trinajstić information content (AvgIpc) is 2.46. The van der Waals surface area contributed by atoms with Crippen LogP contribution in [0.4, 0.5) is 4.79 Å². The average molecular weight is 281 g/mol. The van der Waals surface area contributed by atoms with Gasteiger partial charge in [-0.2, -0.15) is 0 Å². The highest BCUT2D eigenvalue weighted by Crippen LogP contribution is 2.17. The standard InChI is InChI=1S/C16H31N3O/c1-14-7-12-19(13-8-14)16(20)17-9-5-11-18-10-4-3-6-15(18)2/h14-15H,3-13H2,1-2H3,(H,17,20). The third-order valence-corrected chi connectivity index (χ3v) is 4.91. The Bertz CT molecular complexity index is 300. The molecule has 4 heteroatoms. The van der Waals surface area contributed by atoms with E-state index >= 15 is 0 Å². The van der Waals surface area contributed by atoms with Gasteiger partial charge in [-0.05, 0) is 51.5 Å². The summed E-state index contributed by atoms with van der Waals surface area (Å²) in [5.41, 5.74) is 0. The largest absolute Gasteiger partial charge is 0.338 e. The molecule has 1 N–H and O–H groups in total. The number of rotatable bonds is 4. The first-order valence-corrected chi connectivity index (χ1v) is 8.43. The van der Waals surface area contributed by atoms with Crippen molar-refractivity contribution < 1.29 is 4.79 Å². The Morgan fingerprint density at radius 3 is 2.55 bits per heavy atom. The lowest BCUT2D eigenvalue weighted by molar-refractivity contribution is 0.156. The smallest absolute Gasteiger partial charge is 0.317 e. The van der Waals surface area contributed by atoms with Gasteiger partial charge >= 0.3 is 6.03 Å². The number of nitrogens with one attached hydrogen (secondary N) is 1. The maximum atomic E-state index is 12.0. The number of urea groups is 1. The van der Waals surface area contributed by atoms with Crippen molar-refractivity contribution in [2.45, 2.75) is 58.4 Å². The molecule has 0 spiro atoms. The fraction of sp³-hybridized carbons (Fsp3) is 0.938. The van der Waals surface area contributed by atoms with Gasteiger partial charge in [0.25, 0.3) is 0 Å². The molecule has 0 radical (unpaired) electrons. The minimum absolute atomic E-state index is 0.142. The SMILES string of the molecule is CC1CCN(C(=O)NCCCN2CCCCC2C)CC1. The summed E-state index contributed by atoms with van der Waals surface area (Å²) >= 11 is 0. The molecule has 0 aromatic carbocycles. The van der Waals surface area contributed by atoms with Crippen LogP contribution in [0, 0.1) is 5.92 Å². The van der Waals surface area contributed by atoms with E-state index in [1.54, 1.807) is 0 Å². The Morgan fingerprint density at radius 2 is 1.85 bits per heavy atom. The van der Waals surface area contributed by atoms with Gasteiger partial charge in [-0.15, -0.1) is 0 Å². The molecule has 0 saturated carbocycles. The van der Waals surface area contributed by atoms with Crippen LogP contribution < -0.4 is 5.32 Å². The topological polar surface area (TPSA) is 35.6 Å². The fourth-order valence-electron chi connectivity index (χ4n) is 3.29. The van der Waals surface area contributed by atoms with E-state index in [9.17, 15) is 4.79 Å². The summed E-state index contributed by atoms with van der Waals surface area (Å²) in [4.78, 5) is 16.6. The van der Waals surface area contributed by atoms with Crippen LogP contribution in [-0.2, 0) is 0 Å². The lowest BCUT2D eigenvalue weighted by Crippen LogP contribution is -2.45. The van der Waals surface area contributed by atoms with Gasteiger partial charge in [-0.1, -0.05) is 13.3 Å². The molecule has 116 valence electrons. The predicted octanol–water partition coefficient (Wildman–Crippen LogP) is 2.69. The van der Waals surface area contributed by atoms with Gasteiger partial charge in [0.05, 0.1) is 0 Å². The Hall–Kier alpha value is -0.770. The number of amides is 2. The molecule has 0 aromatic rings. The second kappa shape index (κ2) is 7.87. The van der Waals surface area contributed by atoms with Gasteiger partial charge in [0.1, 0.15) is 0 Å². The third kappa shape index (κ3) is 4.65. The van der Waals surface area contributed by atoms with Gasteiger partial charge in [-0.3, -0.25) is 0 Å². The van der Waals surface area contributed by atoms with Crippen LogP contribution in [0.5, 0.6) is 0 Å². The van der Waals surface area contributed by atoms with E-state index in [1.165, 1.54) is 25.8 Å². The number of nitrogens with zero attached hydrogens (tertiary/aromatic N) is 2. The molecule has 1 unspecified atom stereocenters. The highest BCUT2D eigenvalue weighted by atomic mass is 16.2. The Morgan fingerprint density at radius 1 is 1.10 bits per heavy atom. The van der Waals surface area contributed by atoms with Crippen LogP contribution in [-0.4, -0.2) is 54.6 Å². The van der Waals surface area contributed by atoms with Gasteiger partial charge in [0, 0.05) is 32.2 Å². The van der Waals surface area contributed by atoms with Crippen molar-refractivity contribution in [3.63, 3.8) is 0 Å². The third-order valence-electron chi connectivity index (χ3n) is 4.91. The van der Waals surface area contributed by atoms with Crippen LogP contribution in [0.3, 0.4) is 0 Å². The summed E-state index contributed by atoms with van der Waals surface area (Å²) in [6, 6.07) is 0.867. The normalized spacial score (nSPS) is 25.7. The van der Waals surface area contributed by atoms with Crippen molar-refractivity contribution in [3.05, 3.63) is 0 Å². The number of carbonyl (C=O) groups excluding carboxylic acids is 1. The van der Waals surface area contributed by atoms with E-state index in [0.29, 0.717) is 0 Å².